The molecule has 1 aliphatic heterocycles. The average Bonchev–Trinajstić information content (AvgIpc) is 2.85. The van der Waals surface area contributed by atoms with Gasteiger partial charge >= 0.3 is 0 Å². The fourth-order valence-corrected chi connectivity index (χ4v) is 4.13. The van der Waals surface area contributed by atoms with Crippen molar-refractivity contribution in [2.45, 2.75) is 17.9 Å². The molecule has 1 atom stereocenters. The number of nitrogens with zero attached hydrogens (tertiary/aromatic N) is 2. The van der Waals surface area contributed by atoms with E-state index in [1.165, 1.54) is 6.07 Å². The van der Waals surface area contributed by atoms with E-state index in [0.29, 0.717) is 16.3 Å². The first kappa shape index (κ1) is 19.2. The van der Waals surface area contributed by atoms with E-state index in [9.17, 15) is 13.2 Å². The van der Waals surface area contributed by atoms with Crippen LogP contribution >= 0.6 is 11.6 Å². The molecule has 0 saturated heterocycles. The molecule has 2 N–H and O–H groups in total. The summed E-state index contributed by atoms with van der Waals surface area (Å²) >= 11 is 6.04. The van der Waals surface area contributed by atoms with E-state index in [2.05, 4.69) is 15.0 Å². The number of anilines is 2. The number of nitrogens with one attached hydrogen (secondary N) is 2. The van der Waals surface area contributed by atoms with Gasteiger partial charge in [-0.2, -0.15) is 0 Å². The Morgan fingerprint density at radius 1 is 1.22 bits per heavy atom. The van der Waals surface area contributed by atoms with E-state index in [4.69, 9.17) is 11.6 Å². The number of benzene rings is 2. The summed E-state index contributed by atoms with van der Waals surface area (Å²) < 4.78 is 26.7. The Balaban J connectivity index is 1.86. The van der Waals surface area contributed by atoms with Gasteiger partial charge < -0.3 is 10.2 Å². The van der Waals surface area contributed by atoms with Crippen LogP contribution in [0.15, 0.2) is 52.4 Å². The number of aliphatic imine (C=N–C) groups is 1. The van der Waals surface area contributed by atoms with Crippen LogP contribution < -0.4 is 14.9 Å². The molecule has 0 bridgehead atoms. The third-order valence-corrected chi connectivity index (χ3v) is 5.70. The molecule has 0 saturated carbocycles. The second-order valence-corrected chi connectivity index (χ2v) is 8.39. The molecule has 27 heavy (non-hydrogen) atoms. The van der Waals surface area contributed by atoms with Gasteiger partial charge in [-0.3, -0.25) is 14.5 Å². The normalized spacial score (nSPS) is 17.1. The zero-order valence-electron chi connectivity index (χ0n) is 15.0. The predicted molar refractivity (Wildman–Crippen MR) is 107 cm³/mol. The van der Waals surface area contributed by atoms with Crippen molar-refractivity contribution in [3.05, 3.63) is 53.1 Å². The summed E-state index contributed by atoms with van der Waals surface area (Å²) in [5, 5.41) is 3.29. The summed E-state index contributed by atoms with van der Waals surface area (Å²) in [6.07, 6.45) is 0. The topological polar surface area (TPSA) is 90.9 Å². The molecule has 7 nitrogen and oxygen atoms in total. The number of amidine groups is 1. The van der Waals surface area contributed by atoms with Gasteiger partial charge in [-0.15, -0.1) is 0 Å². The highest BCUT2D eigenvalue weighted by Crippen LogP contribution is 2.28. The molecule has 0 spiro atoms. The largest absolute Gasteiger partial charge is 0.376 e. The second-order valence-electron chi connectivity index (χ2n) is 6.30. The highest BCUT2D eigenvalue weighted by atomic mass is 35.5. The number of hydrogen-bond acceptors (Lipinski definition) is 5. The number of halogens is 1. The van der Waals surface area contributed by atoms with Crippen molar-refractivity contribution in [2.24, 2.45) is 4.99 Å². The maximum atomic E-state index is 12.6. The lowest BCUT2D eigenvalue weighted by molar-refractivity contribution is -0.117. The fraction of sp³-hybridized carbons (Fsp3) is 0.222. The molecule has 2 aromatic carbocycles. The molecule has 2 aromatic rings. The molecule has 142 valence electrons. The van der Waals surface area contributed by atoms with Crippen LogP contribution in [0.3, 0.4) is 0 Å². The second kappa shape index (κ2) is 7.21. The Hall–Kier alpha value is -2.58. The van der Waals surface area contributed by atoms with Crippen molar-refractivity contribution in [3.63, 3.8) is 0 Å². The van der Waals surface area contributed by atoms with Gasteiger partial charge in [0.15, 0.2) is 0 Å². The van der Waals surface area contributed by atoms with Crippen molar-refractivity contribution < 1.29 is 13.2 Å². The van der Waals surface area contributed by atoms with Crippen LogP contribution in [0, 0.1) is 0 Å². The Morgan fingerprint density at radius 2 is 1.93 bits per heavy atom. The van der Waals surface area contributed by atoms with Crippen LogP contribution in [0.25, 0.3) is 0 Å². The lowest BCUT2D eigenvalue weighted by atomic mass is 10.2. The monoisotopic (exact) mass is 406 g/mol. The molecule has 0 unspecified atom stereocenters. The number of hydrogen-bond donors (Lipinski definition) is 2. The molecule has 0 radical (unpaired) electrons. The molecule has 3 rings (SSSR count). The Labute approximate surface area is 163 Å². The highest BCUT2D eigenvalue weighted by Gasteiger charge is 2.31. The number of amides is 1. The summed E-state index contributed by atoms with van der Waals surface area (Å²) in [4.78, 5) is 18.9. The van der Waals surface area contributed by atoms with E-state index in [1.54, 1.807) is 43.3 Å². The van der Waals surface area contributed by atoms with Crippen molar-refractivity contribution in [2.75, 3.05) is 24.3 Å². The fourth-order valence-electron chi connectivity index (χ4n) is 2.72. The quantitative estimate of drug-likeness (QED) is 0.816. The first-order valence-electron chi connectivity index (χ1n) is 8.17. The maximum absolute atomic E-state index is 12.6. The number of rotatable bonds is 4. The van der Waals surface area contributed by atoms with Crippen LogP contribution in [-0.2, 0) is 14.8 Å². The molecule has 1 amide bonds. The third kappa shape index (κ3) is 3.91. The van der Waals surface area contributed by atoms with Crippen LogP contribution in [0.2, 0.25) is 5.02 Å². The number of carbonyl (C=O) groups excluding carboxylic acids is 1. The van der Waals surface area contributed by atoms with Gasteiger partial charge in [-0.1, -0.05) is 23.7 Å². The van der Waals surface area contributed by atoms with Gasteiger partial charge in [0.1, 0.15) is 11.9 Å². The van der Waals surface area contributed by atoms with E-state index in [1.807, 2.05) is 19.0 Å². The molecular formula is C18H19ClN4O3S. The molecule has 0 aromatic heterocycles. The van der Waals surface area contributed by atoms with Crippen molar-refractivity contribution in [1.29, 1.82) is 0 Å². The smallest absolute Gasteiger partial charge is 0.263 e. The van der Waals surface area contributed by atoms with Crippen LogP contribution in [0.5, 0.6) is 0 Å². The zero-order valence-corrected chi connectivity index (χ0v) is 16.6. The van der Waals surface area contributed by atoms with Gasteiger partial charge in [0.2, 0.25) is 5.91 Å². The van der Waals surface area contributed by atoms with Crippen molar-refractivity contribution in [3.8, 4) is 0 Å². The SMILES string of the molecule is C[C@H](N=C1NS(=O)(=O)c2ccccc21)C(=O)Nc1cc(Cl)ccc1N(C)C. The zero-order chi connectivity index (χ0) is 19.8. The Morgan fingerprint density at radius 3 is 2.63 bits per heavy atom. The molecule has 9 heteroatoms. The summed E-state index contributed by atoms with van der Waals surface area (Å²) in [6.45, 7) is 1.59. The minimum Gasteiger partial charge on any atom is -0.376 e. The van der Waals surface area contributed by atoms with Gasteiger partial charge in [0.25, 0.3) is 10.0 Å². The summed E-state index contributed by atoms with van der Waals surface area (Å²) in [5.41, 5.74) is 1.80. The van der Waals surface area contributed by atoms with Gasteiger partial charge in [-0.05, 0) is 37.3 Å². The number of fused-ring (bicyclic) bond motifs is 1. The average molecular weight is 407 g/mol. The van der Waals surface area contributed by atoms with Crippen molar-refractivity contribution >= 4 is 44.7 Å². The Bertz CT molecular complexity index is 1030. The van der Waals surface area contributed by atoms with Crippen LogP contribution in [0.4, 0.5) is 11.4 Å². The summed E-state index contributed by atoms with van der Waals surface area (Å²) in [7, 11) is 0.0628. The minimum atomic E-state index is -3.65. The third-order valence-electron chi connectivity index (χ3n) is 4.06. The molecule has 0 fully saturated rings. The van der Waals surface area contributed by atoms with Crippen LogP contribution in [0.1, 0.15) is 12.5 Å². The van der Waals surface area contributed by atoms with E-state index in [-0.39, 0.29) is 16.6 Å². The molecular weight excluding hydrogens is 388 g/mol. The molecule has 1 heterocycles. The van der Waals surface area contributed by atoms with Gasteiger partial charge in [0, 0.05) is 24.7 Å². The van der Waals surface area contributed by atoms with Gasteiger partial charge in [-0.25, -0.2) is 8.42 Å². The number of sulfonamides is 1. The van der Waals surface area contributed by atoms with E-state index >= 15 is 0 Å². The summed E-state index contributed by atoms with van der Waals surface area (Å²) in [5.74, 6) is -0.219. The maximum Gasteiger partial charge on any atom is 0.263 e. The Kier molecular flexibility index (Phi) is 5.12. The lowest BCUT2D eigenvalue weighted by Gasteiger charge is -2.19. The first-order chi connectivity index (χ1) is 12.7. The molecule has 0 aliphatic carbocycles. The highest BCUT2D eigenvalue weighted by molar-refractivity contribution is 7.90. The van der Waals surface area contributed by atoms with E-state index < -0.39 is 16.1 Å². The lowest BCUT2D eigenvalue weighted by Crippen LogP contribution is -2.29. The summed E-state index contributed by atoms with van der Waals surface area (Å²) in [6, 6.07) is 10.9. The molecule has 1 aliphatic rings. The minimum absolute atomic E-state index is 0.154. The van der Waals surface area contributed by atoms with Gasteiger partial charge in [0.05, 0.1) is 16.3 Å². The first-order valence-corrected chi connectivity index (χ1v) is 10.0. The standard InChI is InChI=1S/C18H19ClN4O3S/c1-11(18(24)21-14-10-12(19)8-9-15(14)23(2)3)20-17-13-6-4-5-7-16(13)27(25,26)22-17/h4-11H,1-3H3,(H,20,22)(H,21,24)/t11-/m0/s1. The van der Waals surface area contributed by atoms with Crippen molar-refractivity contribution in [1.82, 2.24) is 4.72 Å². The predicted octanol–water partition coefficient (Wildman–Crippen LogP) is 2.47. The van der Waals surface area contributed by atoms with E-state index in [0.717, 1.165) is 5.69 Å². The number of carbonyl (C=O) groups is 1. The van der Waals surface area contributed by atoms with Crippen LogP contribution in [-0.4, -0.2) is 40.3 Å².